The van der Waals surface area contributed by atoms with Gasteiger partial charge < -0.3 is 10.4 Å². The Hall–Kier alpha value is -2.54. The largest absolute Gasteiger partial charge is 0.386 e. The standard InChI is InChI=1S/C13H12FN3O3/c14-11-4-2-1-3-10(11)12(18)8-16-13-6-5-9(7-15-13)17(19)20/h1-7,12,18H,8H2,(H,15,16). The number of hydrogen-bond acceptors (Lipinski definition) is 5. The molecule has 6 nitrogen and oxygen atoms in total. The Balaban J connectivity index is 1.98. The molecule has 1 atom stereocenters. The molecule has 104 valence electrons. The number of aliphatic hydroxyl groups is 1. The van der Waals surface area contributed by atoms with Gasteiger partial charge >= 0.3 is 0 Å². The number of pyridine rings is 1. The number of halogens is 1. The monoisotopic (exact) mass is 277 g/mol. The van der Waals surface area contributed by atoms with E-state index in [-0.39, 0.29) is 17.8 Å². The third kappa shape index (κ3) is 3.27. The molecule has 0 saturated heterocycles. The molecule has 0 fully saturated rings. The van der Waals surface area contributed by atoms with Gasteiger partial charge in [-0.1, -0.05) is 18.2 Å². The molecular formula is C13H12FN3O3. The minimum atomic E-state index is -1.03. The van der Waals surface area contributed by atoms with Crippen molar-refractivity contribution in [1.82, 2.24) is 4.98 Å². The fourth-order valence-electron chi connectivity index (χ4n) is 1.66. The highest BCUT2D eigenvalue weighted by Gasteiger charge is 2.12. The van der Waals surface area contributed by atoms with Crippen molar-refractivity contribution in [2.24, 2.45) is 0 Å². The van der Waals surface area contributed by atoms with E-state index in [1.165, 1.54) is 30.3 Å². The van der Waals surface area contributed by atoms with Gasteiger partial charge in [0.1, 0.15) is 17.8 Å². The van der Waals surface area contributed by atoms with Gasteiger partial charge in [0.15, 0.2) is 0 Å². The minimum absolute atomic E-state index is 0.0474. The first kappa shape index (κ1) is 13.9. The second-order valence-electron chi connectivity index (χ2n) is 4.08. The smallest absolute Gasteiger partial charge is 0.287 e. The molecule has 2 N–H and O–H groups in total. The third-order valence-corrected chi connectivity index (χ3v) is 2.70. The van der Waals surface area contributed by atoms with Gasteiger partial charge in [-0.05, 0) is 12.1 Å². The van der Waals surface area contributed by atoms with Gasteiger partial charge in [-0.15, -0.1) is 0 Å². The van der Waals surface area contributed by atoms with Crippen LogP contribution in [0.4, 0.5) is 15.9 Å². The molecule has 0 amide bonds. The van der Waals surface area contributed by atoms with Crippen LogP contribution in [0, 0.1) is 15.9 Å². The lowest BCUT2D eigenvalue weighted by molar-refractivity contribution is -0.385. The molecule has 1 unspecified atom stereocenters. The summed E-state index contributed by atoms with van der Waals surface area (Å²) in [6, 6.07) is 8.65. The molecule has 0 aliphatic rings. The first-order valence-electron chi connectivity index (χ1n) is 5.84. The second kappa shape index (κ2) is 6.07. The number of nitrogens with one attached hydrogen (secondary N) is 1. The molecule has 1 aromatic carbocycles. The average molecular weight is 277 g/mol. The molecule has 0 saturated carbocycles. The fourth-order valence-corrected chi connectivity index (χ4v) is 1.66. The molecule has 0 aliphatic carbocycles. The molecule has 20 heavy (non-hydrogen) atoms. The highest BCUT2D eigenvalue weighted by molar-refractivity contribution is 5.40. The number of nitro groups is 1. The number of hydrogen-bond donors (Lipinski definition) is 2. The van der Waals surface area contributed by atoms with Crippen LogP contribution in [0.15, 0.2) is 42.6 Å². The van der Waals surface area contributed by atoms with Crippen molar-refractivity contribution in [1.29, 1.82) is 0 Å². The van der Waals surface area contributed by atoms with Crippen molar-refractivity contribution < 1.29 is 14.4 Å². The summed E-state index contributed by atoms with van der Waals surface area (Å²) in [4.78, 5) is 13.7. The van der Waals surface area contributed by atoms with Crippen LogP contribution in [-0.4, -0.2) is 21.6 Å². The summed E-state index contributed by atoms with van der Waals surface area (Å²) >= 11 is 0. The topological polar surface area (TPSA) is 88.3 Å². The summed E-state index contributed by atoms with van der Waals surface area (Å²) < 4.78 is 13.4. The van der Waals surface area contributed by atoms with E-state index in [1.807, 2.05) is 0 Å². The van der Waals surface area contributed by atoms with Crippen LogP contribution in [0.5, 0.6) is 0 Å². The fraction of sp³-hybridized carbons (Fsp3) is 0.154. The summed E-state index contributed by atoms with van der Waals surface area (Å²) in [5, 5.41) is 23.1. The zero-order valence-corrected chi connectivity index (χ0v) is 10.4. The van der Waals surface area contributed by atoms with Crippen molar-refractivity contribution in [3.05, 3.63) is 64.1 Å². The Bertz CT molecular complexity index is 604. The van der Waals surface area contributed by atoms with E-state index in [2.05, 4.69) is 10.3 Å². The minimum Gasteiger partial charge on any atom is -0.386 e. The molecule has 1 aromatic heterocycles. The maximum Gasteiger partial charge on any atom is 0.287 e. The van der Waals surface area contributed by atoms with Gasteiger partial charge in [-0.25, -0.2) is 9.37 Å². The van der Waals surface area contributed by atoms with Crippen molar-refractivity contribution >= 4 is 11.5 Å². The molecule has 0 spiro atoms. The van der Waals surface area contributed by atoms with Gasteiger partial charge in [-0.3, -0.25) is 10.1 Å². The number of anilines is 1. The van der Waals surface area contributed by atoms with Gasteiger partial charge in [0.25, 0.3) is 5.69 Å². The molecule has 2 aromatic rings. The van der Waals surface area contributed by atoms with Gasteiger partial charge in [0.2, 0.25) is 0 Å². The van der Waals surface area contributed by atoms with E-state index in [4.69, 9.17) is 0 Å². The zero-order valence-electron chi connectivity index (χ0n) is 10.4. The van der Waals surface area contributed by atoms with E-state index in [1.54, 1.807) is 6.07 Å². The van der Waals surface area contributed by atoms with Crippen LogP contribution < -0.4 is 5.32 Å². The number of nitrogens with zero attached hydrogens (tertiary/aromatic N) is 2. The van der Waals surface area contributed by atoms with Crippen LogP contribution >= 0.6 is 0 Å². The predicted molar refractivity (Wildman–Crippen MR) is 70.7 cm³/mol. The lowest BCUT2D eigenvalue weighted by Crippen LogP contribution is -2.14. The van der Waals surface area contributed by atoms with Crippen LogP contribution in [0.2, 0.25) is 0 Å². The Morgan fingerprint density at radius 3 is 2.70 bits per heavy atom. The summed E-state index contributed by atoms with van der Waals surface area (Å²) in [5.41, 5.74) is 0.0621. The number of benzene rings is 1. The molecule has 1 heterocycles. The normalized spacial score (nSPS) is 11.9. The Morgan fingerprint density at radius 1 is 1.35 bits per heavy atom. The number of rotatable bonds is 5. The average Bonchev–Trinajstić information content (AvgIpc) is 2.45. The van der Waals surface area contributed by atoms with Crippen LogP contribution in [0.3, 0.4) is 0 Å². The first-order valence-corrected chi connectivity index (χ1v) is 5.84. The lowest BCUT2D eigenvalue weighted by atomic mass is 10.1. The highest BCUT2D eigenvalue weighted by atomic mass is 19.1. The number of aliphatic hydroxyl groups excluding tert-OH is 1. The van der Waals surface area contributed by atoms with E-state index in [0.29, 0.717) is 5.82 Å². The molecule has 2 rings (SSSR count). The lowest BCUT2D eigenvalue weighted by Gasteiger charge is -2.13. The van der Waals surface area contributed by atoms with E-state index in [0.717, 1.165) is 6.20 Å². The van der Waals surface area contributed by atoms with Gasteiger partial charge in [0, 0.05) is 18.2 Å². The van der Waals surface area contributed by atoms with Crippen LogP contribution in [0.1, 0.15) is 11.7 Å². The Labute approximate surface area is 114 Å². The highest BCUT2D eigenvalue weighted by Crippen LogP contribution is 2.18. The molecular weight excluding hydrogens is 265 g/mol. The predicted octanol–water partition coefficient (Wildman–Crippen LogP) is 2.27. The Kier molecular flexibility index (Phi) is 4.21. The number of aromatic nitrogens is 1. The van der Waals surface area contributed by atoms with Crippen molar-refractivity contribution in [3.63, 3.8) is 0 Å². The van der Waals surface area contributed by atoms with Gasteiger partial charge in [0.05, 0.1) is 11.0 Å². The summed E-state index contributed by atoms with van der Waals surface area (Å²) in [5.74, 6) is -0.121. The molecule has 7 heteroatoms. The Morgan fingerprint density at radius 2 is 2.10 bits per heavy atom. The van der Waals surface area contributed by atoms with Crippen LogP contribution in [0.25, 0.3) is 0 Å². The van der Waals surface area contributed by atoms with Crippen molar-refractivity contribution in [2.75, 3.05) is 11.9 Å². The third-order valence-electron chi connectivity index (χ3n) is 2.70. The second-order valence-corrected chi connectivity index (χ2v) is 4.08. The summed E-state index contributed by atoms with van der Waals surface area (Å²) in [6.45, 7) is 0.0474. The maximum atomic E-state index is 13.4. The first-order chi connectivity index (χ1) is 9.58. The maximum absolute atomic E-state index is 13.4. The van der Waals surface area contributed by atoms with E-state index in [9.17, 15) is 19.6 Å². The van der Waals surface area contributed by atoms with Crippen LogP contribution in [-0.2, 0) is 0 Å². The SMILES string of the molecule is O=[N+]([O-])c1ccc(NCC(O)c2ccccc2F)nc1. The molecule has 0 aliphatic heterocycles. The van der Waals surface area contributed by atoms with E-state index < -0.39 is 16.8 Å². The quantitative estimate of drug-likeness (QED) is 0.646. The molecule has 0 bridgehead atoms. The summed E-state index contributed by atoms with van der Waals surface area (Å²) in [6.07, 6.45) is 0.0749. The van der Waals surface area contributed by atoms with Gasteiger partial charge in [-0.2, -0.15) is 0 Å². The zero-order chi connectivity index (χ0) is 14.5. The molecule has 0 radical (unpaired) electrons. The van der Waals surface area contributed by atoms with Crippen molar-refractivity contribution in [2.45, 2.75) is 6.10 Å². The van der Waals surface area contributed by atoms with E-state index >= 15 is 0 Å². The van der Waals surface area contributed by atoms with Crippen molar-refractivity contribution in [3.8, 4) is 0 Å². The summed E-state index contributed by atoms with van der Waals surface area (Å²) in [7, 11) is 0.